The van der Waals surface area contributed by atoms with Crippen molar-refractivity contribution in [3.63, 3.8) is 0 Å². The number of carbonyl (C=O) groups excluding carboxylic acids is 1. The normalized spacial score (nSPS) is 15.8. The largest absolute Gasteiger partial charge is 0.497 e. The van der Waals surface area contributed by atoms with Crippen molar-refractivity contribution in [1.29, 1.82) is 0 Å². The van der Waals surface area contributed by atoms with Crippen molar-refractivity contribution in [2.24, 2.45) is 0 Å². The molecule has 0 fully saturated rings. The van der Waals surface area contributed by atoms with Crippen LogP contribution in [-0.4, -0.2) is 32.2 Å². The molecule has 1 aliphatic rings. The molecule has 0 radical (unpaired) electrons. The average molecular weight is 470 g/mol. The SMILES string of the molecule is CCS(=O)(=O)Nc1ccc(C2=CC(c3ccc(OC)cc3)N(C(=O)c3cccs3)N2)cc1. The molecular formula is C23H23N3O4S2. The first kappa shape index (κ1) is 21.9. The first-order valence-electron chi connectivity index (χ1n) is 10.0. The highest BCUT2D eigenvalue weighted by molar-refractivity contribution is 7.92. The molecule has 4 rings (SSSR count). The van der Waals surface area contributed by atoms with Gasteiger partial charge in [-0.3, -0.25) is 14.9 Å². The zero-order valence-corrected chi connectivity index (χ0v) is 19.2. The number of amides is 1. The lowest BCUT2D eigenvalue weighted by atomic mass is 10.0. The molecule has 32 heavy (non-hydrogen) atoms. The Morgan fingerprint density at radius 2 is 1.84 bits per heavy atom. The Balaban J connectivity index is 1.64. The number of anilines is 1. The van der Waals surface area contributed by atoms with E-state index in [1.165, 1.54) is 11.3 Å². The molecule has 3 aromatic rings. The second kappa shape index (κ2) is 9.05. The quantitative estimate of drug-likeness (QED) is 0.540. The topological polar surface area (TPSA) is 87.7 Å². The highest BCUT2D eigenvalue weighted by Crippen LogP contribution is 2.34. The van der Waals surface area contributed by atoms with E-state index in [9.17, 15) is 13.2 Å². The first-order chi connectivity index (χ1) is 15.4. The second-order valence-electron chi connectivity index (χ2n) is 7.15. The smallest absolute Gasteiger partial charge is 0.283 e. The summed E-state index contributed by atoms with van der Waals surface area (Å²) in [6, 6.07) is 18.0. The van der Waals surface area contributed by atoms with Gasteiger partial charge >= 0.3 is 0 Å². The van der Waals surface area contributed by atoms with Crippen molar-refractivity contribution < 1.29 is 17.9 Å². The highest BCUT2D eigenvalue weighted by Gasteiger charge is 2.32. The van der Waals surface area contributed by atoms with Crippen molar-refractivity contribution in [2.45, 2.75) is 13.0 Å². The number of nitrogens with one attached hydrogen (secondary N) is 2. The minimum Gasteiger partial charge on any atom is -0.497 e. The zero-order chi connectivity index (χ0) is 22.7. The Bertz CT molecular complexity index is 1220. The Hall–Kier alpha value is -3.30. The number of hydrogen-bond acceptors (Lipinski definition) is 6. The Morgan fingerprint density at radius 1 is 1.12 bits per heavy atom. The number of sulfonamides is 1. The van der Waals surface area contributed by atoms with E-state index in [1.54, 1.807) is 37.2 Å². The number of nitrogens with zero attached hydrogens (tertiary/aromatic N) is 1. The van der Waals surface area contributed by atoms with Gasteiger partial charge in [-0.25, -0.2) is 13.4 Å². The van der Waals surface area contributed by atoms with Crippen LogP contribution in [-0.2, 0) is 10.0 Å². The van der Waals surface area contributed by atoms with Crippen LogP contribution in [0.25, 0.3) is 5.70 Å². The van der Waals surface area contributed by atoms with E-state index in [-0.39, 0.29) is 17.7 Å². The van der Waals surface area contributed by atoms with Crippen molar-refractivity contribution >= 4 is 38.7 Å². The van der Waals surface area contributed by atoms with Gasteiger partial charge in [-0.2, -0.15) is 0 Å². The van der Waals surface area contributed by atoms with Gasteiger partial charge in [0, 0.05) is 5.69 Å². The number of ether oxygens (including phenoxy) is 1. The molecule has 7 nitrogen and oxygen atoms in total. The third-order valence-electron chi connectivity index (χ3n) is 5.10. The second-order valence-corrected chi connectivity index (χ2v) is 10.1. The molecular weight excluding hydrogens is 446 g/mol. The van der Waals surface area contributed by atoms with Crippen LogP contribution in [0.1, 0.15) is 33.8 Å². The van der Waals surface area contributed by atoms with E-state index in [0.717, 1.165) is 22.6 Å². The first-order valence-corrected chi connectivity index (χ1v) is 12.5. The zero-order valence-electron chi connectivity index (χ0n) is 17.6. The maximum atomic E-state index is 13.2. The summed E-state index contributed by atoms with van der Waals surface area (Å²) >= 11 is 1.39. The lowest BCUT2D eigenvalue weighted by Crippen LogP contribution is -2.39. The van der Waals surface area contributed by atoms with Crippen molar-refractivity contribution in [3.8, 4) is 5.75 Å². The molecule has 2 heterocycles. The maximum absolute atomic E-state index is 13.2. The minimum absolute atomic E-state index is 0.00475. The number of benzene rings is 2. The predicted octanol–water partition coefficient (Wildman–Crippen LogP) is 4.26. The molecule has 0 saturated carbocycles. The summed E-state index contributed by atoms with van der Waals surface area (Å²) in [5, 5.41) is 3.48. The van der Waals surface area contributed by atoms with Crippen LogP contribution in [0.4, 0.5) is 5.69 Å². The highest BCUT2D eigenvalue weighted by atomic mass is 32.2. The number of methoxy groups -OCH3 is 1. The summed E-state index contributed by atoms with van der Waals surface area (Å²) in [5.41, 5.74) is 6.26. The Morgan fingerprint density at radius 3 is 2.44 bits per heavy atom. The summed E-state index contributed by atoms with van der Waals surface area (Å²) in [5.74, 6) is 0.620. The fraction of sp³-hybridized carbons (Fsp3) is 0.174. The molecule has 1 atom stereocenters. The lowest BCUT2D eigenvalue weighted by Gasteiger charge is -2.25. The number of thiophene rings is 1. The molecule has 2 N–H and O–H groups in total. The van der Waals surface area contributed by atoms with Crippen LogP contribution in [0, 0.1) is 0 Å². The molecule has 9 heteroatoms. The van der Waals surface area contributed by atoms with Crippen LogP contribution in [0.5, 0.6) is 5.75 Å². The maximum Gasteiger partial charge on any atom is 0.283 e. The number of carbonyl (C=O) groups is 1. The van der Waals surface area contributed by atoms with E-state index in [0.29, 0.717) is 10.6 Å². The van der Waals surface area contributed by atoms with Crippen molar-refractivity contribution in [3.05, 3.63) is 88.1 Å². The van der Waals surface area contributed by atoms with Gasteiger partial charge in [0.15, 0.2) is 0 Å². The average Bonchev–Trinajstić information content (AvgIpc) is 3.50. The van der Waals surface area contributed by atoms with Crippen LogP contribution in [0.3, 0.4) is 0 Å². The van der Waals surface area contributed by atoms with E-state index in [1.807, 2.05) is 53.9 Å². The number of hydrogen-bond donors (Lipinski definition) is 2. The Kier molecular flexibility index (Phi) is 6.20. The van der Waals surface area contributed by atoms with E-state index < -0.39 is 10.0 Å². The van der Waals surface area contributed by atoms with Crippen LogP contribution in [0.15, 0.2) is 72.1 Å². The van der Waals surface area contributed by atoms with Gasteiger partial charge < -0.3 is 4.74 Å². The molecule has 2 aromatic carbocycles. The van der Waals surface area contributed by atoms with Gasteiger partial charge in [0.25, 0.3) is 5.91 Å². The fourth-order valence-electron chi connectivity index (χ4n) is 3.34. The third-order valence-corrected chi connectivity index (χ3v) is 7.27. The summed E-state index contributed by atoms with van der Waals surface area (Å²) < 4.78 is 31.4. The van der Waals surface area contributed by atoms with Gasteiger partial charge in [-0.1, -0.05) is 30.3 Å². The molecule has 0 spiro atoms. The van der Waals surface area contributed by atoms with Gasteiger partial charge in [0.2, 0.25) is 10.0 Å². The third kappa shape index (κ3) is 4.63. The summed E-state index contributed by atoms with van der Waals surface area (Å²) in [4.78, 5) is 13.8. The summed E-state index contributed by atoms with van der Waals surface area (Å²) in [6.45, 7) is 1.59. The molecule has 166 valence electrons. The van der Waals surface area contributed by atoms with Crippen LogP contribution >= 0.6 is 11.3 Å². The lowest BCUT2D eigenvalue weighted by molar-refractivity contribution is 0.0677. The number of hydrazine groups is 1. The Labute approximate surface area is 191 Å². The molecule has 1 aliphatic heterocycles. The number of rotatable bonds is 7. The predicted molar refractivity (Wildman–Crippen MR) is 127 cm³/mol. The van der Waals surface area contributed by atoms with Crippen LogP contribution in [0.2, 0.25) is 0 Å². The molecule has 0 saturated heterocycles. The molecule has 1 aromatic heterocycles. The molecule has 0 bridgehead atoms. The van der Waals surface area contributed by atoms with E-state index >= 15 is 0 Å². The van der Waals surface area contributed by atoms with Crippen LogP contribution < -0.4 is 14.9 Å². The van der Waals surface area contributed by atoms with Gasteiger partial charge in [-0.15, -0.1) is 11.3 Å². The van der Waals surface area contributed by atoms with Gasteiger partial charge in [-0.05, 0) is 59.8 Å². The van der Waals surface area contributed by atoms with E-state index in [2.05, 4.69) is 10.1 Å². The van der Waals surface area contributed by atoms with E-state index in [4.69, 9.17) is 4.74 Å². The monoisotopic (exact) mass is 469 g/mol. The standard InChI is InChI=1S/C23H23N3O4S2/c1-3-32(28,29)25-18-10-6-16(7-11-18)20-15-21(17-8-12-19(30-2)13-9-17)26(24-20)23(27)22-5-4-14-31-22/h4-15,21,24-25H,3H2,1-2H3. The van der Waals surface area contributed by atoms with Crippen molar-refractivity contribution in [2.75, 3.05) is 17.6 Å². The molecule has 1 unspecified atom stereocenters. The fourth-order valence-corrected chi connectivity index (χ4v) is 4.64. The van der Waals surface area contributed by atoms with Gasteiger partial charge in [0.1, 0.15) is 5.75 Å². The molecule has 0 aliphatic carbocycles. The minimum atomic E-state index is -3.34. The van der Waals surface area contributed by atoms with Crippen molar-refractivity contribution in [1.82, 2.24) is 10.4 Å². The summed E-state index contributed by atoms with van der Waals surface area (Å²) in [7, 11) is -1.73. The molecule has 1 amide bonds. The van der Waals surface area contributed by atoms with Gasteiger partial charge in [0.05, 0.1) is 29.5 Å². The summed E-state index contributed by atoms with van der Waals surface area (Å²) in [6.07, 6.45) is 1.98.